The molecule has 2 aromatic rings. The largest absolute Gasteiger partial charge is 0.409 e. The summed E-state index contributed by atoms with van der Waals surface area (Å²) < 4.78 is 0. The first kappa shape index (κ1) is 13.6. The molecule has 20 heavy (non-hydrogen) atoms. The van der Waals surface area contributed by atoms with Gasteiger partial charge in [0.05, 0.1) is 6.54 Å². The van der Waals surface area contributed by atoms with Gasteiger partial charge in [-0.25, -0.2) is 4.98 Å². The highest BCUT2D eigenvalue weighted by Crippen LogP contribution is 2.09. The van der Waals surface area contributed by atoms with Crippen LogP contribution in [0.1, 0.15) is 21.7 Å². The van der Waals surface area contributed by atoms with Crippen LogP contribution >= 0.6 is 0 Å². The Morgan fingerprint density at radius 2 is 2.25 bits per heavy atom. The predicted molar refractivity (Wildman–Crippen MR) is 73.3 cm³/mol. The predicted octanol–water partition coefficient (Wildman–Crippen LogP) is 0.776. The number of benzene rings is 1. The van der Waals surface area contributed by atoms with Crippen LogP contribution < -0.4 is 5.73 Å². The number of aromatic amines is 1. The van der Waals surface area contributed by atoms with E-state index >= 15 is 0 Å². The lowest BCUT2D eigenvalue weighted by atomic mass is 10.1. The van der Waals surface area contributed by atoms with E-state index in [1.807, 2.05) is 0 Å². The van der Waals surface area contributed by atoms with E-state index in [1.165, 1.54) is 4.90 Å². The number of hydrogen-bond acceptors (Lipinski definition) is 4. The van der Waals surface area contributed by atoms with Crippen LogP contribution in [-0.2, 0) is 6.54 Å². The van der Waals surface area contributed by atoms with Gasteiger partial charge >= 0.3 is 0 Å². The molecule has 0 radical (unpaired) electrons. The van der Waals surface area contributed by atoms with Crippen LogP contribution in [0.25, 0.3) is 0 Å². The molecule has 1 aromatic heterocycles. The van der Waals surface area contributed by atoms with Crippen molar-refractivity contribution in [3.63, 3.8) is 0 Å². The van der Waals surface area contributed by atoms with Crippen molar-refractivity contribution in [2.75, 3.05) is 7.05 Å². The summed E-state index contributed by atoms with van der Waals surface area (Å²) >= 11 is 0. The second-order valence-electron chi connectivity index (χ2n) is 4.26. The first-order chi connectivity index (χ1) is 9.61. The van der Waals surface area contributed by atoms with Crippen molar-refractivity contribution < 1.29 is 10.0 Å². The normalized spacial score (nSPS) is 11.3. The van der Waals surface area contributed by atoms with Crippen LogP contribution in [0.3, 0.4) is 0 Å². The molecular formula is C13H15N5O2. The molecule has 4 N–H and O–H groups in total. The molecule has 0 aliphatic rings. The molecule has 0 bridgehead atoms. The fourth-order valence-electron chi connectivity index (χ4n) is 1.77. The van der Waals surface area contributed by atoms with E-state index in [2.05, 4.69) is 15.1 Å². The number of amidine groups is 1. The molecule has 7 nitrogen and oxygen atoms in total. The molecule has 7 heteroatoms. The lowest BCUT2D eigenvalue weighted by Crippen LogP contribution is -2.27. The average molecular weight is 273 g/mol. The molecule has 1 aromatic carbocycles. The van der Waals surface area contributed by atoms with E-state index in [1.54, 1.807) is 43.7 Å². The maximum Gasteiger partial charge on any atom is 0.254 e. The third-order valence-electron chi connectivity index (χ3n) is 2.80. The third-order valence-corrected chi connectivity index (χ3v) is 2.80. The van der Waals surface area contributed by atoms with Crippen molar-refractivity contribution in [1.82, 2.24) is 14.9 Å². The fraction of sp³-hybridized carbons (Fsp3) is 0.154. The van der Waals surface area contributed by atoms with E-state index in [-0.39, 0.29) is 11.7 Å². The van der Waals surface area contributed by atoms with E-state index < -0.39 is 0 Å². The van der Waals surface area contributed by atoms with Crippen LogP contribution in [0.5, 0.6) is 0 Å². The SMILES string of the molecule is CN(Cc1ncc[nH]1)C(=O)c1cccc(C(N)=NO)c1. The maximum absolute atomic E-state index is 12.3. The quantitative estimate of drug-likeness (QED) is 0.331. The zero-order chi connectivity index (χ0) is 14.5. The number of nitrogens with zero attached hydrogens (tertiary/aromatic N) is 3. The lowest BCUT2D eigenvalue weighted by molar-refractivity contribution is 0.0782. The number of nitrogens with one attached hydrogen (secondary N) is 1. The lowest BCUT2D eigenvalue weighted by Gasteiger charge is -2.16. The highest BCUT2D eigenvalue weighted by atomic mass is 16.4. The molecule has 0 saturated heterocycles. The smallest absolute Gasteiger partial charge is 0.254 e. The molecule has 0 aliphatic carbocycles. The standard InChI is InChI=1S/C13H15N5O2/c1-18(8-11-15-5-6-16-11)13(19)10-4-2-3-9(7-10)12(14)17-20/h2-7,20H,8H2,1H3,(H2,14,17)(H,15,16). The molecule has 0 saturated carbocycles. The Bertz CT molecular complexity index is 621. The molecule has 2 rings (SSSR count). The van der Waals surface area contributed by atoms with Gasteiger partial charge in [0, 0.05) is 30.6 Å². The number of rotatable bonds is 4. The van der Waals surface area contributed by atoms with Crippen molar-refractivity contribution >= 4 is 11.7 Å². The number of aromatic nitrogens is 2. The minimum absolute atomic E-state index is 0.0339. The van der Waals surface area contributed by atoms with Gasteiger partial charge in [0.2, 0.25) is 0 Å². The number of H-pyrrole nitrogens is 1. The summed E-state index contributed by atoms with van der Waals surface area (Å²) in [7, 11) is 1.68. The summed E-state index contributed by atoms with van der Waals surface area (Å²) in [6.07, 6.45) is 3.33. The van der Waals surface area contributed by atoms with E-state index in [0.717, 1.165) is 0 Å². The van der Waals surface area contributed by atoms with Gasteiger partial charge in [0.1, 0.15) is 5.82 Å². The van der Waals surface area contributed by atoms with E-state index in [9.17, 15) is 4.79 Å². The zero-order valence-electron chi connectivity index (χ0n) is 10.9. The Labute approximate surface area is 115 Å². The summed E-state index contributed by atoms with van der Waals surface area (Å²) in [6.45, 7) is 0.375. The highest BCUT2D eigenvalue weighted by Gasteiger charge is 2.14. The van der Waals surface area contributed by atoms with Gasteiger partial charge in [-0.05, 0) is 12.1 Å². The van der Waals surface area contributed by atoms with Gasteiger partial charge in [-0.15, -0.1) is 0 Å². The number of imidazole rings is 1. The monoisotopic (exact) mass is 273 g/mol. The molecule has 104 valence electrons. The Kier molecular flexibility index (Phi) is 3.99. The Morgan fingerprint density at radius 1 is 1.50 bits per heavy atom. The van der Waals surface area contributed by atoms with Gasteiger partial charge in [0.25, 0.3) is 5.91 Å². The maximum atomic E-state index is 12.3. The van der Waals surface area contributed by atoms with Crippen LogP contribution in [0.4, 0.5) is 0 Å². The summed E-state index contributed by atoms with van der Waals surface area (Å²) in [5, 5.41) is 11.6. The van der Waals surface area contributed by atoms with Gasteiger partial charge < -0.3 is 20.8 Å². The summed E-state index contributed by atoms with van der Waals surface area (Å²) in [5.74, 6) is 0.496. The van der Waals surface area contributed by atoms with E-state index in [4.69, 9.17) is 10.9 Å². The average Bonchev–Trinajstić information content (AvgIpc) is 2.98. The van der Waals surface area contributed by atoms with Crippen molar-refractivity contribution in [2.45, 2.75) is 6.54 Å². The van der Waals surface area contributed by atoms with Crippen LogP contribution in [0.2, 0.25) is 0 Å². The summed E-state index contributed by atoms with van der Waals surface area (Å²) in [5.41, 5.74) is 6.46. The van der Waals surface area contributed by atoms with Gasteiger partial charge in [0.15, 0.2) is 5.84 Å². The molecule has 0 spiro atoms. The number of amides is 1. The Balaban J connectivity index is 2.16. The Morgan fingerprint density at radius 3 is 2.90 bits per heavy atom. The van der Waals surface area contributed by atoms with Gasteiger partial charge in [-0.3, -0.25) is 4.79 Å². The number of oxime groups is 1. The molecule has 0 unspecified atom stereocenters. The van der Waals surface area contributed by atoms with Crippen molar-refractivity contribution in [3.8, 4) is 0 Å². The number of hydrogen-bond donors (Lipinski definition) is 3. The minimum atomic E-state index is -0.172. The van der Waals surface area contributed by atoms with Crippen LogP contribution in [-0.4, -0.2) is 38.9 Å². The Hall–Kier alpha value is -2.83. The molecule has 1 heterocycles. The zero-order valence-corrected chi connectivity index (χ0v) is 10.9. The second kappa shape index (κ2) is 5.87. The molecule has 0 atom stereocenters. The van der Waals surface area contributed by atoms with Gasteiger partial charge in [-0.2, -0.15) is 0 Å². The summed E-state index contributed by atoms with van der Waals surface area (Å²) in [6, 6.07) is 6.60. The van der Waals surface area contributed by atoms with Crippen molar-refractivity contribution in [1.29, 1.82) is 0 Å². The number of carbonyl (C=O) groups excluding carboxylic acids is 1. The fourth-order valence-corrected chi connectivity index (χ4v) is 1.77. The topological polar surface area (TPSA) is 108 Å². The third kappa shape index (κ3) is 2.94. The molecule has 0 fully saturated rings. The first-order valence-electron chi connectivity index (χ1n) is 5.93. The van der Waals surface area contributed by atoms with Crippen molar-refractivity contribution in [3.05, 3.63) is 53.6 Å². The first-order valence-corrected chi connectivity index (χ1v) is 5.93. The molecular weight excluding hydrogens is 258 g/mol. The van der Waals surface area contributed by atoms with Crippen LogP contribution in [0.15, 0.2) is 41.8 Å². The van der Waals surface area contributed by atoms with Crippen LogP contribution in [0, 0.1) is 0 Å². The second-order valence-corrected chi connectivity index (χ2v) is 4.26. The highest BCUT2D eigenvalue weighted by molar-refractivity contribution is 6.01. The molecule has 0 aliphatic heterocycles. The van der Waals surface area contributed by atoms with Gasteiger partial charge in [-0.1, -0.05) is 17.3 Å². The number of nitrogens with two attached hydrogens (primary N) is 1. The molecule has 1 amide bonds. The van der Waals surface area contributed by atoms with Crippen molar-refractivity contribution in [2.24, 2.45) is 10.9 Å². The van der Waals surface area contributed by atoms with E-state index in [0.29, 0.717) is 23.5 Å². The summed E-state index contributed by atoms with van der Waals surface area (Å²) in [4.78, 5) is 20.8. The minimum Gasteiger partial charge on any atom is -0.409 e. The number of carbonyl (C=O) groups is 1.